The molecule has 5 heteroatoms. The molecule has 1 unspecified atom stereocenters. The molecule has 1 aromatic heterocycles. The van der Waals surface area contributed by atoms with Crippen LogP contribution in [0.4, 0.5) is 10.6 Å². The van der Waals surface area contributed by atoms with Gasteiger partial charge in [0.05, 0.1) is 6.04 Å². The van der Waals surface area contributed by atoms with Crippen LogP contribution < -0.4 is 10.6 Å². The van der Waals surface area contributed by atoms with Crippen LogP contribution in [0.1, 0.15) is 30.1 Å². The zero-order valence-corrected chi connectivity index (χ0v) is 12.6. The van der Waals surface area contributed by atoms with Gasteiger partial charge in [-0.15, -0.1) is 0 Å². The van der Waals surface area contributed by atoms with E-state index in [4.69, 9.17) is 5.11 Å². The minimum absolute atomic E-state index is 0.103. The molecule has 1 heterocycles. The van der Waals surface area contributed by atoms with Crippen LogP contribution in [0.25, 0.3) is 0 Å². The summed E-state index contributed by atoms with van der Waals surface area (Å²) in [5.41, 5.74) is 1.86. The summed E-state index contributed by atoms with van der Waals surface area (Å²) >= 11 is 0. The second kappa shape index (κ2) is 8.14. The smallest absolute Gasteiger partial charge is 0.320 e. The molecule has 1 atom stereocenters. The number of aromatic nitrogens is 1. The average Bonchev–Trinajstić information content (AvgIpc) is 2.52. The lowest BCUT2D eigenvalue weighted by Crippen LogP contribution is -2.33. The lowest BCUT2D eigenvalue weighted by Gasteiger charge is -2.19. The van der Waals surface area contributed by atoms with E-state index < -0.39 is 0 Å². The van der Waals surface area contributed by atoms with Crippen LogP contribution in [0.3, 0.4) is 0 Å². The van der Waals surface area contributed by atoms with Gasteiger partial charge in [0.1, 0.15) is 5.82 Å². The van der Waals surface area contributed by atoms with Crippen LogP contribution in [-0.2, 0) is 0 Å². The van der Waals surface area contributed by atoms with Crippen molar-refractivity contribution in [2.45, 2.75) is 25.8 Å². The summed E-state index contributed by atoms with van der Waals surface area (Å²) in [5.74, 6) is 0.520. The highest BCUT2D eigenvalue weighted by Gasteiger charge is 2.14. The third kappa shape index (κ3) is 4.86. The second-order valence-electron chi connectivity index (χ2n) is 5.09. The van der Waals surface area contributed by atoms with E-state index in [0.29, 0.717) is 18.7 Å². The first-order valence-electron chi connectivity index (χ1n) is 7.36. The molecular formula is C17H21N3O2. The van der Waals surface area contributed by atoms with Crippen molar-refractivity contribution >= 4 is 11.8 Å². The minimum Gasteiger partial charge on any atom is -0.396 e. The van der Waals surface area contributed by atoms with E-state index in [0.717, 1.165) is 11.3 Å². The molecule has 3 N–H and O–H groups in total. The number of rotatable bonds is 6. The van der Waals surface area contributed by atoms with Crippen LogP contribution in [0, 0.1) is 6.92 Å². The van der Waals surface area contributed by atoms with Crippen molar-refractivity contribution in [1.29, 1.82) is 0 Å². The third-order valence-corrected chi connectivity index (χ3v) is 3.29. The van der Waals surface area contributed by atoms with Crippen molar-refractivity contribution in [2.24, 2.45) is 0 Å². The fourth-order valence-corrected chi connectivity index (χ4v) is 2.23. The van der Waals surface area contributed by atoms with Gasteiger partial charge in [-0.25, -0.2) is 9.78 Å². The highest BCUT2D eigenvalue weighted by atomic mass is 16.3. The molecule has 0 fully saturated rings. The Labute approximate surface area is 130 Å². The molecule has 0 spiro atoms. The first-order chi connectivity index (χ1) is 10.7. The van der Waals surface area contributed by atoms with Gasteiger partial charge in [0.2, 0.25) is 0 Å². The van der Waals surface area contributed by atoms with E-state index in [1.807, 2.05) is 49.4 Å². The number of carbonyl (C=O) groups excluding carboxylic acids is 1. The number of anilines is 1. The van der Waals surface area contributed by atoms with Gasteiger partial charge < -0.3 is 10.4 Å². The normalized spacial score (nSPS) is 11.7. The zero-order valence-electron chi connectivity index (χ0n) is 12.6. The number of aliphatic hydroxyl groups excluding tert-OH is 1. The highest BCUT2D eigenvalue weighted by molar-refractivity contribution is 5.88. The Balaban J connectivity index is 2.01. The summed E-state index contributed by atoms with van der Waals surface area (Å²) in [6.07, 6.45) is 1.30. The fraction of sp³-hybridized carbons (Fsp3) is 0.294. The number of nitrogens with one attached hydrogen (secondary N) is 2. The van der Waals surface area contributed by atoms with Gasteiger partial charge >= 0.3 is 6.03 Å². The third-order valence-electron chi connectivity index (χ3n) is 3.29. The van der Waals surface area contributed by atoms with Crippen LogP contribution in [0.5, 0.6) is 0 Å². The molecule has 2 amide bonds. The largest absolute Gasteiger partial charge is 0.396 e. The monoisotopic (exact) mass is 299 g/mol. The molecular weight excluding hydrogens is 278 g/mol. The van der Waals surface area contributed by atoms with Crippen LogP contribution in [0.15, 0.2) is 48.5 Å². The molecule has 2 aromatic rings. The minimum atomic E-state index is -0.301. The maximum absolute atomic E-state index is 12.1. The van der Waals surface area contributed by atoms with Gasteiger partial charge in [0, 0.05) is 12.3 Å². The number of hydrogen-bond donors (Lipinski definition) is 3. The van der Waals surface area contributed by atoms with Crippen molar-refractivity contribution in [3.63, 3.8) is 0 Å². The molecule has 0 aliphatic heterocycles. The lowest BCUT2D eigenvalue weighted by molar-refractivity contribution is 0.243. The van der Waals surface area contributed by atoms with Gasteiger partial charge in [-0.05, 0) is 37.5 Å². The van der Waals surface area contributed by atoms with Crippen molar-refractivity contribution < 1.29 is 9.90 Å². The number of nitrogens with zero attached hydrogens (tertiary/aromatic N) is 1. The number of hydrogen-bond acceptors (Lipinski definition) is 3. The second-order valence-corrected chi connectivity index (χ2v) is 5.09. The summed E-state index contributed by atoms with van der Waals surface area (Å²) in [5, 5.41) is 14.7. The van der Waals surface area contributed by atoms with Gasteiger partial charge in [-0.1, -0.05) is 36.4 Å². The number of benzene rings is 1. The van der Waals surface area contributed by atoms with Crippen LogP contribution >= 0.6 is 0 Å². The van der Waals surface area contributed by atoms with Gasteiger partial charge in [0.25, 0.3) is 0 Å². The van der Waals surface area contributed by atoms with E-state index in [2.05, 4.69) is 15.6 Å². The topological polar surface area (TPSA) is 74.2 Å². The maximum Gasteiger partial charge on any atom is 0.320 e. The molecule has 0 aliphatic rings. The van der Waals surface area contributed by atoms with Crippen LogP contribution in [0.2, 0.25) is 0 Å². The fourth-order valence-electron chi connectivity index (χ4n) is 2.23. The standard InChI is InChI=1S/C17H21N3O2/c1-13-7-5-11-16(18-13)20-17(22)19-15(10-6-12-21)14-8-3-2-4-9-14/h2-5,7-9,11,15,21H,6,10,12H2,1H3,(H2,18,19,20,22). The molecule has 1 aromatic carbocycles. The van der Waals surface area contributed by atoms with Crippen molar-refractivity contribution in [2.75, 3.05) is 11.9 Å². The quantitative estimate of drug-likeness (QED) is 0.767. The number of carbonyl (C=O) groups is 1. The van der Waals surface area contributed by atoms with Crippen LogP contribution in [-0.4, -0.2) is 22.7 Å². The Morgan fingerprint density at radius 3 is 2.64 bits per heavy atom. The molecule has 2 rings (SSSR count). The predicted molar refractivity (Wildman–Crippen MR) is 86.6 cm³/mol. The molecule has 5 nitrogen and oxygen atoms in total. The molecule has 0 radical (unpaired) electrons. The molecule has 0 saturated heterocycles. The first-order valence-corrected chi connectivity index (χ1v) is 7.36. The molecule has 116 valence electrons. The van der Waals surface area contributed by atoms with E-state index in [-0.39, 0.29) is 18.7 Å². The number of aliphatic hydroxyl groups is 1. The van der Waals surface area contributed by atoms with E-state index in [9.17, 15) is 4.79 Å². The summed E-state index contributed by atoms with van der Waals surface area (Å²) in [7, 11) is 0. The Hall–Kier alpha value is -2.40. The van der Waals surface area contributed by atoms with Gasteiger partial charge in [-0.2, -0.15) is 0 Å². The molecule has 0 aliphatic carbocycles. The van der Waals surface area contributed by atoms with E-state index in [1.54, 1.807) is 6.07 Å². The average molecular weight is 299 g/mol. The number of pyridine rings is 1. The molecule has 0 saturated carbocycles. The molecule has 0 bridgehead atoms. The Morgan fingerprint density at radius 1 is 1.18 bits per heavy atom. The van der Waals surface area contributed by atoms with E-state index in [1.165, 1.54) is 0 Å². The number of aryl methyl sites for hydroxylation is 1. The zero-order chi connectivity index (χ0) is 15.8. The van der Waals surface area contributed by atoms with Crippen molar-refractivity contribution in [1.82, 2.24) is 10.3 Å². The van der Waals surface area contributed by atoms with Crippen molar-refractivity contribution in [3.05, 3.63) is 59.8 Å². The summed E-state index contributed by atoms with van der Waals surface area (Å²) < 4.78 is 0. The Kier molecular flexibility index (Phi) is 5.91. The van der Waals surface area contributed by atoms with Gasteiger partial charge in [0.15, 0.2) is 0 Å². The summed E-state index contributed by atoms with van der Waals surface area (Å²) in [4.78, 5) is 16.4. The van der Waals surface area contributed by atoms with Gasteiger partial charge in [-0.3, -0.25) is 5.32 Å². The SMILES string of the molecule is Cc1cccc(NC(=O)NC(CCCO)c2ccccc2)n1. The first kappa shape index (κ1) is 16.0. The van der Waals surface area contributed by atoms with Crippen molar-refractivity contribution in [3.8, 4) is 0 Å². The Bertz CT molecular complexity index is 602. The Morgan fingerprint density at radius 2 is 1.95 bits per heavy atom. The summed E-state index contributed by atoms with van der Waals surface area (Å²) in [6, 6.07) is 14.8. The summed E-state index contributed by atoms with van der Waals surface area (Å²) in [6.45, 7) is 1.98. The maximum atomic E-state index is 12.1. The molecule has 22 heavy (non-hydrogen) atoms. The number of amides is 2. The van der Waals surface area contributed by atoms with E-state index >= 15 is 0 Å². The lowest BCUT2D eigenvalue weighted by atomic mass is 10.0. The predicted octanol–water partition coefficient (Wildman–Crippen LogP) is 3.03. The highest BCUT2D eigenvalue weighted by Crippen LogP contribution is 2.18. The number of urea groups is 1.